The predicted molar refractivity (Wildman–Crippen MR) is 132 cm³/mol. The number of halogens is 1. The van der Waals surface area contributed by atoms with Crippen LogP contribution < -0.4 is 5.56 Å². The van der Waals surface area contributed by atoms with Gasteiger partial charge in [0.25, 0.3) is 5.56 Å². The van der Waals surface area contributed by atoms with Crippen molar-refractivity contribution in [1.29, 1.82) is 0 Å². The van der Waals surface area contributed by atoms with E-state index < -0.39 is 0 Å². The molecule has 0 amide bonds. The number of aromatic nitrogens is 4. The summed E-state index contributed by atoms with van der Waals surface area (Å²) < 4.78 is 3.61. The summed E-state index contributed by atoms with van der Waals surface area (Å²) in [5, 5.41) is 4.10. The summed E-state index contributed by atoms with van der Waals surface area (Å²) in [6.45, 7) is 4.24. The molecule has 0 fully saturated rings. The zero-order valence-electron chi connectivity index (χ0n) is 17.0. The molecule has 4 aromatic rings. The molecule has 0 spiro atoms. The van der Waals surface area contributed by atoms with Crippen molar-refractivity contribution in [2.75, 3.05) is 0 Å². The lowest BCUT2D eigenvalue weighted by molar-refractivity contribution is 0.616. The molecule has 160 valence electrons. The van der Waals surface area contributed by atoms with Crippen molar-refractivity contribution in [1.82, 2.24) is 18.9 Å². The zero-order chi connectivity index (χ0) is 22.1. The van der Waals surface area contributed by atoms with E-state index in [2.05, 4.69) is 17.6 Å². The number of allylic oxidation sites excluding steroid dienone is 2. The molecular formula is C24H19ClN4OS2. The Hall–Kier alpha value is -2.74. The molecule has 8 heteroatoms. The molecule has 0 bridgehead atoms. The first-order valence-corrected chi connectivity index (χ1v) is 12.3. The van der Waals surface area contributed by atoms with Gasteiger partial charge in [-0.1, -0.05) is 77.6 Å². The third-order valence-corrected chi connectivity index (χ3v) is 7.24. The van der Waals surface area contributed by atoms with Gasteiger partial charge in [0, 0.05) is 30.6 Å². The molecule has 1 aliphatic rings. The Morgan fingerprint density at radius 1 is 1.16 bits per heavy atom. The van der Waals surface area contributed by atoms with Gasteiger partial charge in [-0.15, -0.1) is 6.58 Å². The van der Waals surface area contributed by atoms with Crippen LogP contribution in [0.1, 0.15) is 22.7 Å². The maximum atomic E-state index is 13.6. The normalized spacial score (nSPS) is 15.1. The summed E-state index contributed by atoms with van der Waals surface area (Å²) in [6.07, 6.45) is 7.58. The van der Waals surface area contributed by atoms with Gasteiger partial charge in [-0.25, -0.2) is 9.97 Å². The lowest BCUT2D eigenvalue weighted by Gasteiger charge is -2.22. The highest BCUT2D eigenvalue weighted by Gasteiger charge is 2.26. The van der Waals surface area contributed by atoms with Crippen LogP contribution in [0.2, 0.25) is 5.02 Å². The van der Waals surface area contributed by atoms with Crippen LogP contribution in [0.25, 0.3) is 5.65 Å². The van der Waals surface area contributed by atoms with Crippen molar-refractivity contribution in [2.24, 2.45) is 0 Å². The van der Waals surface area contributed by atoms with Crippen molar-refractivity contribution < 1.29 is 0 Å². The lowest BCUT2D eigenvalue weighted by atomic mass is 9.93. The summed E-state index contributed by atoms with van der Waals surface area (Å²) in [5.74, 6) is 0.482. The molecule has 5 nitrogen and oxygen atoms in total. The van der Waals surface area contributed by atoms with Gasteiger partial charge in [0.2, 0.25) is 0 Å². The number of imidazole rings is 1. The van der Waals surface area contributed by atoms with Crippen molar-refractivity contribution in [3.05, 3.63) is 111 Å². The molecule has 1 unspecified atom stereocenters. The standard InChI is InChI=1S/C24H19ClN4OS2/c1-2-11-29-23(30)21-19(16-6-4-3-5-7-16)10-12-31-22(21)27-24(29)32-15-18-14-28-13-17(25)8-9-20(28)26-18/h2-10,12-14,19H,1,11,15H2. The van der Waals surface area contributed by atoms with Gasteiger partial charge >= 0.3 is 0 Å². The van der Waals surface area contributed by atoms with Crippen LogP contribution in [0.5, 0.6) is 0 Å². The third kappa shape index (κ3) is 4.03. The maximum absolute atomic E-state index is 13.6. The first kappa shape index (κ1) is 21.1. The van der Waals surface area contributed by atoms with E-state index >= 15 is 0 Å². The van der Waals surface area contributed by atoms with Crippen molar-refractivity contribution in [3.63, 3.8) is 0 Å². The molecule has 3 aromatic heterocycles. The first-order chi connectivity index (χ1) is 15.6. The second kappa shape index (κ2) is 9.02. The molecule has 5 rings (SSSR count). The van der Waals surface area contributed by atoms with Crippen LogP contribution in [0, 0.1) is 0 Å². The van der Waals surface area contributed by atoms with E-state index in [9.17, 15) is 4.79 Å². The summed E-state index contributed by atoms with van der Waals surface area (Å²) in [7, 11) is 0. The molecule has 4 heterocycles. The number of hydrogen-bond acceptors (Lipinski definition) is 5. The van der Waals surface area contributed by atoms with E-state index in [1.807, 2.05) is 64.7 Å². The quantitative estimate of drug-likeness (QED) is 0.152. The van der Waals surface area contributed by atoms with Crippen molar-refractivity contribution >= 4 is 40.8 Å². The van der Waals surface area contributed by atoms with Gasteiger partial charge in [0.15, 0.2) is 5.16 Å². The number of benzene rings is 1. The predicted octanol–water partition coefficient (Wildman–Crippen LogP) is 5.77. The van der Waals surface area contributed by atoms with E-state index in [4.69, 9.17) is 16.6 Å². The van der Waals surface area contributed by atoms with E-state index in [1.165, 1.54) is 23.5 Å². The van der Waals surface area contributed by atoms with Crippen LogP contribution >= 0.6 is 35.1 Å². The van der Waals surface area contributed by atoms with Gasteiger partial charge in [-0.05, 0) is 23.1 Å². The van der Waals surface area contributed by atoms with Gasteiger partial charge in [0.1, 0.15) is 10.7 Å². The molecule has 32 heavy (non-hydrogen) atoms. The SMILES string of the molecule is C=CCn1c(SCc2cn3cc(Cl)ccc3n2)nc2c(c1=O)C(c1ccccc1)C=CS2. The van der Waals surface area contributed by atoms with Crippen molar-refractivity contribution in [2.45, 2.75) is 28.4 Å². The highest BCUT2D eigenvalue weighted by Crippen LogP contribution is 2.37. The Morgan fingerprint density at radius 2 is 2.00 bits per heavy atom. The van der Waals surface area contributed by atoms with Crippen LogP contribution in [0.4, 0.5) is 0 Å². The Balaban J connectivity index is 1.51. The summed E-state index contributed by atoms with van der Waals surface area (Å²) in [6, 6.07) is 13.8. The minimum Gasteiger partial charge on any atom is -0.305 e. The van der Waals surface area contributed by atoms with Crippen LogP contribution in [0.3, 0.4) is 0 Å². The minimum absolute atomic E-state index is 0.0233. The average molecular weight is 479 g/mol. The molecule has 0 N–H and O–H groups in total. The smallest absolute Gasteiger partial charge is 0.259 e. The molecule has 1 atom stereocenters. The molecule has 0 saturated carbocycles. The Labute approximate surface area is 198 Å². The van der Waals surface area contributed by atoms with Gasteiger partial charge in [-0.2, -0.15) is 0 Å². The monoisotopic (exact) mass is 478 g/mol. The van der Waals surface area contributed by atoms with Crippen molar-refractivity contribution in [3.8, 4) is 0 Å². The average Bonchev–Trinajstić information content (AvgIpc) is 3.22. The van der Waals surface area contributed by atoms with E-state index in [0.717, 1.165) is 27.5 Å². The van der Waals surface area contributed by atoms with Crippen LogP contribution in [-0.4, -0.2) is 18.9 Å². The number of thioether (sulfide) groups is 2. The van der Waals surface area contributed by atoms with Crippen LogP contribution in [-0.2, 0) is 12.3 Å². The number of hydrogen-bond donors (Lipinski definition) is 0. The third-order valence-electron chi connectivity index (χ3n) is 5.18. The Morgan fingerprint density at radius 3 is 2.81 bits per heavy atom. The molecular weight excluding hydrogens is 460 g/mol. The summed E-state index contributed by atoms with van der Waals surface area (Å²) in [5.41, 5.74) is 3.50. The highest BCUT2D eigenvalue weighted by molar-refractivity contribution is 8.02. The molecule has 1 aromatic carbocycles. The molecule has 0 aliphatic carbocycles. The number of fused-ring (bicyclic) bond motifs is 2. The highest BCUT2D eigenvalue weighted by atomic mass is 35.5. The second-order valence-corrected chi connectivity index (χ2v) is 9.56. The van der Waals surface area contributed by atoms with E-state index in [-0.39, 0.29) is 11.5 Å². The Kier molecular flexibility index (Phi) is 5.95. The number of rotatable bonds is 6. The zero-order valence-corrected chi connectivity index (χ0v) is 19.4. The molecule has 1 aliphatic heterocycles. The fourth-order valence-corrected chi connectivity index (χ4v) is 5.69. The fraction of sp³-hybridized carbons (Fsp3) is 0.125. The van der Waals surface area contributed by atoms with E-state index in [1.54, 1.807) is 10.6 Å². The topological polar surface area (TPSA) is 52.2 Å². The summed E-state index contributed by atoms with van der Waals surface area (Å²) in [4.78, 5) is 23.1. The fourth-order valence-electron chi connectivity index (χ4n) is 3.73. The first-order valence-electron chi connectivity index (χ1n) is 10.0. The molecule has 0 saturated heterocycles. The number of pyridine rings is 1. The minimum atomic E-state index is -0.106. The van der Waals surface area contributed by atoms with E-state index in [0.29, 0.717) is 22.5 Å². The number of nitrogens with zero attached hydrogens (tertiary/aromatic N) is 4. The van der Waals surface area contributed by atoms with Gasteiger partial charge in [0.05, 0.1) is 16.3 Å². The maximum Gasteiger partial charge on any atom is 0.259 e. The Bertz CT molecular complexity index is 1390. The summed E-state index contributed by atoms with van der Waals surface area (Å²) >= 11 is 9.07. The van der Waals surface area contributed by atoms with Gasteiger partial charge < -0.3 is 4.40 Å². The van der Waals surface area contributed by atoms with Crippen LogP contribution in [0.15, 0.2) is 94.0 Å². The molecule has 0 radical (unpaired) electrons. The largest absolute Gasteiger partial charge is 0.305 e. The lowest BCUT2D eigenvalue weighted by Crippen LogP contribution is -2.29. The van der Waals surface area contributed by atoms with Gasteiger partial charge in [-0.3, -0.25) is 9.36 Å². The second-order valence-electron chi connectivity index (χ2n) is 7.29.